The molecule has 2 aromatic heterocycles. The monoisotopic (exact) mass is 531 g/mol. The van der Waals surface area contributed by atoms with E-state index in [1.54, 1.807) is 0 Å². The van der Waals surface area contributed by atoms with E-state index in [4.69, 9.17) is 9.40 Å². The van der Waals surface area contributed by atoms with Gasteiger partial charge in [-0.3, -0.25) is 0 Å². The van der Waals surface area contributed by atoms with E-state index in [0.717, 1.165) is 38.7 Å². The van der Waals surface area contributed by atoms with Crippen molar-refractivity contribution in [2.75, 3.05) is 0 Å². The van der Waals surface area contributed by atoms with Crippen LogP contribution in [0.25, 0.3) is 55.2 Å². The fraction of sp³-hybridized carbons (Fsp3) is 0.182. The second kappa shape index (κ2) is 8.63. The molecule has 0 aliphatic heterocycles. The van der Waals surface area contributed by atoms with E-state index >= 15 is 0 Å². The van der Waals surface area contributed by atoms with Crippen molar-refractivity contribution >= 4 is 50.5 Å². The summed E-state index contributed by atoms with van der Waals surface area (Å²) in [7, 11) is 0. The Hall–Kier alpha value is -3.37. The third-order valence-corrected chi connectivity index (χ3v) is 11.5. The predicted molar refractivity (Wildman–Crippen MR) is 157 cm³/mol. The number of hydrogen-bond acceptors (Lipinski definition) is 2. The van der Waals surface area contributed by atoms with Gasteiger partial charge >= 0.3 is 196 Å². The van der Waals surface area contributed by atoms with Crippen molar-refractivity contribution in [1.82, 2.24) is 4.98 Å². The van der Waals surface area contributed by atoms with Gasteiger partial charge in [0.2, 0.25) is 0 Å². The molecule has 178 valence electrons. The molecule has 0 atom stereocenters. The fourth-order valence-corrected chi connectivity index (χ4v) is 7.50. The van der Waals surface area contributed by atoms with E-state index in [0.29, 0.717) is 5.92 Å². The molecule has 0 amide bonds. The first-order valence-corrected chi connectivity index (χ1v) is 20.1. The molecular formula is C33H31GeNO. The molecule has 0 saturated heterocycles. The molecule has 0 radical (unpaired) electrons. The summed E-state index contributed by atoms with van der Waals surface area (Å²) in [5, 5.41) is 3.51. The number of nitrogens with zero attached hydrogens (tertiary/aromatic N) is 1. The van der Waals surface area contributed by atoms with Crippen LogP contribution in [-0.4, -0.2) is 18.3 Å². The van der Waals surface area contributed by atoms with Gasteiger partial charge < -0.3 is 0 Å². The van der Waals surface area contributed by atoms with Crippen LogP contribution in [0.1, 0.15) is 25.3 Å². The average Bonchev–Trinajstić information content (AvgIpc) is 3.25. The number of furan rings is 1. The summed E-state index contributed by atoms with van der Waals surface area (Å²) in [5.74, 6) is 7.79. The summed E-state index contributed by atoms with van der Waals surface area (Å²) >= 11 is -2.00. The SMILES string of the molecule is CC(C)c1ccc2c(c1)oc1c(-c3cc(-c4ccccc4)c4c[c]([Ge]([CH3])([CH3])[CH3])ccc4n3)cccc12. The number of rotatable bonds is 4. The molecule has 0 aliphatic carbocycles. The van der Waals surface area contributed by atoms with Gasteiger partial charge in [0.1, 0.15) is 0 Å². The van der Waals surface area contributed by atoms with Gasteiger partial charge in [-0.2, -0.15) is 0 Å². The zero-order chi connectivity index (χ0) is 25.0. The van der Waals surface area contributed by atoms with Gasteiger partial charge in [-0.25, -0.2) is 0 Å². The van der Waals surface area contributed by atoms with Crippen molar-refractivity contribution < 1.29 is 4.42 Å². The molecule has 36 heavy (non-hydrogen) atoms. The summed E-state index contributed by atoms with van der Waals surface area (Å²) < 4.78 is 8.01. The molecular weight excluding hydrogens is 499 g/mol. The van der Waals surface area contributed by atoms with Crippen molar-refractivity contribution in [1.29, 1.82) is 0 Å². The van der Waals surface area contributed by atoms with Crippen LogP contribution >= 0.6 is 0 Å². The van der Waals surface area contributed by atoms with Crippen LogP contribution in [0, 0.1) is 0 Å². The number of fused-ring (bicyclic) bond motifs is 4. The van der Waals surface area contributed by atoms with E-state index in [-0.39, 0.29) is 0 Å². The first-order valence-electron chi connectivity index (χ1n) is 12.8. The maximum atomic E-state index is 6.52. The Morgan fingerprint density at radius 1 is 0.694 bits per heavy atom. The van der Waals surface area contributed by atoms with E-state index in [1.807, 2.05) is 0 Å². The minimum absolute atomic E-state index is 0.458. The van der Waals surface area contributed by atoms with Crippen LogP contribution < -0.4 is 4.40 Å². The van der Waals surface area contributed by atoms with E-state index in [2.05, 4.69) is 122 Å². The third kappa shape index (κ3) is 3.94. The number of aromatic nitrogens is 1. The summed E-state index contributed by atoms with van der Waals surface area (Å²) in [5.41, 5.74) is 8.57. The Morgan fingerprint density at radius 2 is 1.50 bits per heavy atom. The minimum atomic E-state index is -2.00. The quantitative estimate of drug-likeness (QED) is 0.213. The summed E-state index contributed by atoms with van der Waals surface area (Å²) in [4.78, 5) is 5.18. The fourth-order valence-electron chi connectivity index (χ4n) is 5.06. The van der Waals surface area contributed by atoms with Crippen molar-refractivity contribution in [2.24, 2.45) is 0 Å². The van der Waals surface area contributed by atoms with E-state index in [1.165, 1.54) is 26.5 Å². The normalized spacial score (nSPS) is 12.3. The second-order valence-corrected chi connectivity index (χ2v) is 21.8. The molecule has 2 heterocycles. The van der Waals surface area contributed by atoms with E-state index in [9.17, 15) is 0 Å². The molecule has 0 fully saturated rings. The van der Waals surface area contributed by atoms with Gasteiger partial charge in [-0.05, 0) is 5.92 Å². The van der Waals surface area contributed by atoms with Crippen molar-refractivity contribution in [3.8, 4) is 22.4 Å². The molecule has 0 bridgehead atoms. The molecule has 2 nitrogen and oxygen atoms in total. The third-order valence-electron chi connectivity index (χ3n) is 7.23. The molecule has 3 heteroatoms. The second-order valence-electron chi connectivity index (χ2n) is 11.1. The van der Waals surface area contributed by atoms with Gasteiger partial charge in [-0.15, -0.1) is 0 Å². The topological polar surface area (TPSA) is 26.0 Å². The molecule has 6 rings (SSSR count). The van der Waals surface area contributed by atoms with Crippen LogP contribution in [0.15, 0.2) is 95.4 Å². The zero-order valence-corrected chi connectivity index (χ0v) is 23.7. The number of hydrogen-bond donors (Lipinski definition) is 0. The molecule has 0 saturated carbocycles. The number of pyridine rings is 1. The molecule has 6 aromatic rings. The van der Waals surface area contributed by atoms with E-state index < -0.39 is 13.3 Å². The summed E-state index contributed by atoms with van der Waals surface area (Å²) in [6.07, 6.45) is 0. The summed E-state index contributed by atoms with van der Waals surface area (Å²) in [6, 6.07) is 32.8. The van der Waals surface area contributed by atoms with Gasteiger partial charge in [0.15, 0.2) is 0 Å². The molecule has 0 N–H and O–H groups in total. The molecule has 0 unspecified atom stereocenters. The van der Waals surface area contributed by atoms with Crippen LogP contribution in [-0.2, 0) is 0 Å². The number of para-hydroxylation sites is 1. The Bertz CT molecular complexity index is 1740. The Labute approximate surface area is 215 Å². The standard InChI is InChI=1S/C33H31GeNO/c1-21(2)23-14-16-25-26-12-9-13-27(33(26)36-32(25)18-23)31-20-28(22-10-7-6-8-11-22)29-19-24(34(3,4)5)15-17-30(29)35-31/h6-21H,1-5H3. The average molecular weight is 530 g/mol. The van der Waals surface area contributed by atoms with Crippen LogP contribution in [0.2, 0.25) is 17.3 Å². The molecule has 4 aromatic carbocycles. The summed E-state index contributed by atoms with van der Waals surface area (Å²) in [6.45, 7) is 4.43. The Kier molecular flexibility index (Phi) is 5.53. The zero-order valence-electron chi connectivity index (χ0n) is 21.6. The number of benzene rings is 4. The Morgan fingerprint density at radius 3 is 2.25 bits per heavy atom. The van der Waals surface area contributed by atoms with Crippen LogP contribution in [0.3, 0.4) is 0 Å². The van der Waals surface area contributed by atoms with Gasteiger partial charge in [0.25, 0.3) is 0 Å². The van der Waals surface area contributed by atoms with Gasteiger partial charge in [0.05, 0.1) is 0 Å². The molecule has 0 aliphatic rings. The van der Waals surface area contributed by atoms with Crippen molar-refractivity contribution in [3.05, 3.63) is 96.6 Å². The van der Waals surface area contributed by atoms with Crippen LogP contribution in [0.5, 0.6) is 0 Å². The maximum absolute atomic E-state index is 6.52. The Balaban J connectivity index is 1.63. The van der Waals surface area contributed by atoms with Crippen LogP contribution in [0.4, 0.5) is 0 Å². The van der Waals surface area contributed by atoms with Gasteiger partial charge in [0, 0.05) is 0 Å². The molecule has 0 spiro atoms. The first kappa shape index (κ1) is 23.1. The van der Waals surface area contributed by atoms with Gasteiger partial charge in [-0.1, -0.05) is 13.8 Å². The first-order chi connectivity index (χ1) is 17.3. The van der Waals surface area contributed by atoms with Crippen molar-refractivity contribution in [3.63, 3.8) is 0 Å². The van der Waals surface area contributed by atoms with Crippen molar-refractivity contribution in [2.45, 2.75) is 37.0 Å². The predicted octanol–water partition coefficient (Wildman–Crippen LogP) is 9.14.